The third-order valence-corrected chi connectivity index (χ3v) is 4.61. The molecule has 0 radical (unpaired) electrons. The summed E-state index contributed by atoms with van der Waals surface area (Å²) in [6.45, 7) is 2.15. The van der Waals surface area contributed by atoms with E-state index in [-0.39, 0.29) is 6.10 Å². The number of hydrogen-bond acceptors (Lipinski definition) is 2. The Bertz CT molecular complexity index is 767. The number of furan rings is 1. The number of fused-ring (bicyclic) bond motifs is 3. The van der Waals surface area contributed by atoms with Crippen molar-refractivity contribution in [2.45, 2.75) is 25.9 Å². The monoisotopic (exact) mass is 266 g/mol. The van der Waals surface area contributed by atoms with Gasteiger partial charge in [-0.15, -0.1) is 0 Å². The van der Waals surface area contributed by atoms with Gasteiger partial charge in [-0.05, 0) is 48.4 Å². The summed E-state index contributed by atoms with van der Waals surface area (Å²) < 4.78 is 5.83. The summed E-state index contributed by atoms with van der Waals surface area (Å²) in [5.74, 6) is 1.03. The minimum absolute atomic E-state index is 0.339. The Morgan fingerprint density at radius 1 is 1.05 bits per heavy atom. The maximum Gasteiger partial charge on any atom is 0.135 e. The molecule has 3 aromatic rings. The smallest absolute Gasteiger partial charge is 0.135 e. The van der Waals surface area contributed by atoms with Crippen LogP contribution >= 0.6 is 0 Å². The lowest BCUT2D eigenvalue weighted by atomic mass is 9.92. The van der Waals surface area contributed by atoms with E-state index in [1.54, 1.807) is 0 Å². The van der Waals surface area contributed by atoms with Crippen LogP contribution in [-0.2, 0) is 0 Å². The molecule has 4 rings (SSSR count). The first kappa shape index (κ1) is 12.0. The van der Waals surface area contributed by atoms with Crippen LogP contribution in [0, 0.1) is 11.8 Å². The van der Waals surface area contributed by atoms with Crippen LogP contribution < -0.4 is 0 Å². The van der Waals surface area contributed by atoms with Gasteiger partial charge in [0.1, 0.15) is 11.2 Å². The number of aliphatic hydroxyl groups excluding tert-OH is 1. The van der Waals surface area contributed by atoms with Crippen molar-refractivity contribution in [2.75, 3.05) is 0 Å². The van der Waals surface area contributed by atoms with Crippen molar-refractivity contribution < 1.29 is 9.52 Å². The predicted octanol–water partition coefficient (Wildman–Crippen LogP) is 4.67. The molecule has 0 saturated heterocycles. The summed E-state index contributed by atoms with van der Waals surface area (Å²) in [4.78, 5) is 0. The second kappa shape index (κ2) is 4.35. The number of benzene rings is 2. The zero-order valence-corrected chi connectivity index (χ0v) is 11.5. The van der Waals surface area contributed by atoms with E-state index in [1.165, 1.54) is 12.8 Å². The lowest BCUT2D eigenvalue weighted by Gasteiger charge is -2.18. The first-order valence-corrected chi connectivity index (χ1v) is 7.33. The van der Waals surface area contributed by atoms with Gasteiger partial charge < -0.3 is 9.52 Å². The molecule has 2 unspecified atom stereocenters. The Morgan fingerprint density at radius 2 is 1.80 bits per heavy atom. The van der Waals surface area contributed by atoms with E-state index < -0.39 is 0 Å². The van der Waals surface area contributed by atoms with Crippen molar-refractivity contribution in [3.8, 4) is 0 Å². The molecule has 0 amide bonds. The largest absolute Gasteiger partial charge is 0.456 e. The van der Waals surface area contributed by atoms with E-state index in [0.717, 1.165) is 27.5 Å². The summed E-state index contributed by atoms with van der Waals surface area (Å²) in [5.41, 5.74) is 2.80. The van der Waals surface area contributed by atoms with Crippen LogP contribution in [0.1, 0.15) is 31.4 Å². The molecule has 2 atom stereocenters. The lowest BCUT2D eigenvalue weighted by molar-refractivity contribution is 0.106. The Morgan fingerprint density at radius 3 is 2.60 bits per heavy atom. The van der Waals surface area contributed by atoms with Gasteiger partial charge in [-0.3, -0.25) is 0 Å². The normalized spacial score (nSPS) is 18.5. The number of para-hydroxylation sites is 1. The zero-order valence-electron chi connectivity index (χ0n) is 11.5. The van der Waals surface area contributed by atoms with Crippen molar-refractivity contribution >= 4 is 21.9 Å². The third-order valence-electron chi connectivity index (χ3n) is 4.61. The van der Waals surface area contributed by atoms with E-state index in [9.17, 15) is 5.11 Å². The van der Waals surface area contributed by atoms with Gasteiger partial charge in [0.05, 0.1) is 6.10 Å². The molecule has 102 valence electrons. The summed E-state index contributed by atoms with van der Waals surface area (Å²) in [5, 5.41) is 12.8. The Balaban J connectivity index is 1.82. The fraction of sp³-hybridized carbons (Fsp3) is 0.333. The Labute approximate surface area is 118 Å². The van der Waals surface area contributed by atoms with Gasteiger partial charge in [0.25, 0.3) is 0 Å². The molecular weight excluding hydrogens is 248 g/mol. The predicted molar refractivity (Wildman–Crippen MR) is 80.6 cm³/mol. The molecule has 1 N–H and O–H groups in total. The van der Waals surface area contributed by atoms with Gasteiger partial charge in [-0.25, -0.2) is 0 Å². The number of hydrogen-bond donors (Lipinski definition) is 1. The van der Waals surface area contributed by atoms with Crippen LogP contribution in [0.25, 0.3) is 21.9 Å². The highest BCUT2D eigenvalue weighted by atomic mass is 16.3. The standard InChI is InChI=1S/C18H18O2/c1-11(12-6-7-12)18(19)13-8-9-17-15(10-13)14-4-2-3-5-16(14)20-17/h2-5,8-12,18-19H,6-7H2,1H3. The van der Waals surface area contributed by atoms with Crippen LogP contribution in [0.2, 0.25) is 0 Å². The van der Waals surface area contributed by atoms with Gasteiger partial charge in [-0.1, -0.05) is 31.2 Å². The first-order valence-electron chi connectivity index (χ1n) is 7.33. The van der Waals surface area contributed by atoms with Gasteiger partial charge in [-0.2, -0.15) is 0 Å². The summed E-state index contributed by atoms with van der Waals surface area (Å²) in [7, 11) is 0. The molecule has 1 aliphatic rings. The third kappa shape index (κ3) is 1.83. The Kier molecular flexibility index (Phi) is 2.61. The highest BCUT2D eigenvalue weighted by Gasteiger charge is 2.33. The van der Waals surface area contributed by atoms with Gasteiger partial charge in [0.2, 0.25) is 0 Å². The molecule has 1 aromatic heterocycles. The molecule has 1 saturated carbocycles. The maximum absolute atomic E-state index is 10.5. The van der Waals surface area contributed by atoms with Crippen LogP contribution in [0.3, 0.4) is 0 Å². The highest BCUT2D eigenvalue weighted by molar-refractivity contribution is 6.04. The molecular formula is C18H18O2. The average Bonchev–Trinajstić information content (AvgIpc) is 3.26. The summed E-state index contributed by atoms with van der Waals surface area (Å²) in [6.07, 6.45) is 2.14. The second-order valence-corrected chi connectivity index (χ2v) is 6.00. The summed E-state index contributed by atoms with van der Waals surface area (Å²) >= 11 is 0. The zero-order chi connectivity index (χ0) is 13.7. The molecule has 0 bridgehead atoms. The molecule has 1 fully saturated rings. The van der Waals surface area contributed by atoms with E-state index >= 15 is 0 Å². The van der Waals surface area contributed by atoms with Crippen LogP contribution in [-0.4, -0.2) is 5.11 Å². The molecule has 1 aliphatic carbocycles. The lowest BCUT2D eigenvalue weighted by Crippen LogP contribution is -2.10. The quantitative estimate of drug-likeness (QED) is 0.747. The Hall–Kier alpha value is -1.80. The number of aliphatic hydroxyl groups is 1. The van der Waals surface area contributed by atoms with E-state index in [4.69, 9.17) is 4.42 Å². The topological polar surface area (TPSA) is 33.4 Å². The molecule has 2 aromatic carbocycles. The summed E-state index contributed by atoms with van der Waals surface area (Å²) in [6, 6.07) is 14.1. The van der Waals surface area contributed by atoms with E-state index in [0.29, 0.717) is 11.8 Å². The van der Waals surface area contributed by atoms with Crippen molar-refractivity contribution in [1.82, 2.24) is 0 Å². The van der Waals surface area contributed by atoms with Crippen molar-refractivity contribution in [1.29, 1.82) is 0 Å². The molecule has 2 nitrogen and oxygen atoms in total. The molecule has 0 spiro atoms. The van der Waals surface area contributed by atoms with E-state index in [1.807, 2.05) is 30.3 Å². The molecule has 1 heterocycles. The van der Waals surface area contributed by atoms with Gasteiger partial charge in [0.15, 0.2) is 0 Å². The maximum atomic E-state index is 10.5. The van der Waals surface area contributed by atoms with Crippen molar-refractivity contribution in [3.05, 3.63) is 48.0 Å². The van der Waals surface area contributed by atoms with Crippen LogP contribution in [0.15, 0.2) is 46.9 Å². The van der Waals surface area contributed by atoms with Crippen LogP contribution in [0.5, 0.6) is 0 Å². The average molecular weight is 266 g/mol. The highest BCUT2D eigenvalue weighted by Crippen LogP contribution is 2.43. The molecule has 20 heavy (non-hydrogen) atoms. The van der Waals surface area contributed by atoms with Gasteiger partial charge in [0, 0.05) is 10.8 Å². The molecule has 2 heteroatoms. The van der Waals surface area contributed by atoms with Crippen molar-refractivity contribution in [2.24, 2.45) is 11.8 Å². The second-order valence-electron chi connectivity index (χ2n) is 6.00. The van der Waals surface area contributed by atoms with Crippen LogP contribution in [0.4, 0.5) is 0 Å². The fourth-order valence-corrected chi connectivity index (χ4v) is 3.11. The minimum atomic E-state index is -0.374. The first-order chi connectivity index (χ1) is 9.74. The SMILES string of the molecule is CC(C1CC1)C(O)c1ccc2oc3ccccc3c2c1. The number of rotatable bonds is 3. The van der Waals surface area contributed by atoms with Crippen molar-refractivity contribution in [3.63, 3.8) is 0 Å². The van der Waals surface area contributed by atoms with E-state index in [2.05, 4.69) is 19.1 Å². The minimum Gasteiger partial charge on any atom is -0.456 e. The fourth-order valence-electron chi connectivity index (χ4n) is 3.11. The van der Waals surface area contributed by atoms with Gasteiger partial charge >= 0.3 is 0 Å². The molecule has 0 aliphatic heterocycles.